The lowest BCUT2D eigenvalue weighted by Crippen LogP contribution is -2.42. The Morgan fingerprint density at radius 3 is 2.77 bits per heavy atom. The molecule has 2 heterocycles. The number of nitrogens with zero attached hydrogens (tertiary/aromatic N) is 2. The van der Waals surface area contributed by atoms with Crippen molar-refractivity contribution in [2.24, 2.45) is 10.9 Å². The number of allylic oxidation sites excluding steroid dienone is 1. The van der Waals surface area contributed by atoms with Gasteiger partial charge in [0.05, 0.1) is 19.8 Å². The van der Waals surface area contributed by atoms with Crippen molar-refractivity contribution in [3.05, 3.63) is 46.5 Å². The largest absolute Gasteiger partial charge is 0.381 e. The Hall–Kier alpha value is -1.65. The predicted molar refractivity (Wildman–Crippen MR) is 87.2 cm³/mol. The molecule has 0 unspecified atom stereocenters. The fourth-order valence-corrected chi connectivity index (χ4v) is 2.83. The molecule has 0 N–H and O–H groups in total. The highest BCUT2D eigenvalue weighted by atomic mass is 35.5. The van der Waals surface area contributed by atoms with Gasteiger partial charge in [-0.15, -0.1) is 0 Å². The maximum absolute atomic E-state index is 12.8. The summed E-state index contributed by atoms with van der Waals surface area (Å²) in [4.78, 5) is 18.9. The number of amides is 1. The van der Waals surface area contributed by atoms with Crippen LogP contribution >= 0.6 is 11.6 Å². The average molecular weight is 319 g/mol. The van der Waals surface area contributed by atoms with E-state index in [2.05, 4.69) is 4.99 Å². The van der Waals surface area contributed by atoms with Crippen molar-refractivity contribution in [2.45, 2.75) is 13.5 Å². The van der Waals surface area contributed by atoms with Gasteiger partial charge in [0.15, 0.2) is 0 Å². The molecule has 0 radical (unpaired) electrons. The third kappa shape index (κ3) is 3.39. The van der Waals surface area contributed by atoms with Crippen molar-refractivity contribution in [3.8, 4) is 0 Å². The fraction of sp³-hybridized carbons (Fsp3) is 0.412. The number of hydrogen-bond donors (Lipinski definition) is 0. The minimum atomic E-state index is 0.0485. The minimum absolute atomic E-state index is 0.0485. The summed E-state index contributed by atoms with van der Waals surface area (Å²) in [7, 11) is 0. The van der Waals surface area contributed by atoms with E-state index in [1.165, 1.54) is 0 Å². The third-order valence-corrected chi connectivity index (χ3v) is 4.32. The number of halogens is 1. The zero-order valence-electron chi connectivity index (χ0n) is 12.6. The molecule has 116 valence electrons. The van der Waals surface area contributed by atoms with E-state index in [-0.39, 0.29) is 5.91 Å². The van der Waals surface area contributed by atoms with Crippen LogP contribution in [-0.4, -0.2) is 42.8 Å². The molecule has 3 rings (SSSR count). The van der Waals surface area contributed by atoms with Crippen LogP contribution < -0.4 is 0 Å². The lowest BCUT2D eigenvalue weighted by Gasteiger charge is -2.33. The van der Waals surface area contributed by atoms with E-state index < -0.39 is 0 Å². The van der Waals surface area contributed by atoms with Crippen LogP contribution in [0.15, 0.2) is 40.9 Å². The number of aliphatic imine (C=N–C) groups is 1. The fourth-order valence-electron chi connectivity index (χ4n) is 2.64. The second-order valence-electron chi connectivity index (χ2n) is 5.81. The first-order chi connectivity index (χ1) is 10.6. The standard InChI is InChI=1S/C17H19ClN2O2/c1-12-6-15(7-19-12)17(21)20(8-13-10-22-11-13)9-14-4-2-3-5-16(14)18/h2-6,13H,7-11H2,1H3. The van der Waals surface area contributed by atoms with E-state index >= 15 is 0 Å². The van der Waals surface area contributed by atoms with Crippen molar-refractivity contribution in [1.82, 2.24) is 4.90 Å². The number of carbonyl (C=O) groups is 1. The van der Waals surface area contributed by atoms with E-state index in [0.717, 1.165) is 30.1 Å². The van der Waals surface area contributed by atoms with Gasteiger partial charge in [0.1, 0.15) is 0 Å². The molecule has 22 heavy (non-hydrogen) atoms. The minimum Gasteiger partial charge on any atom is -0.381 e. The summed E-state index contributed by atoms with van der Waals surface area (Å²) in [5, 5.41) is 0.693. The molecule has 1 saturated heterocycles. The molecule has 0 aliphatic carbocycles. The van der Waals surface area contributed by atoms with Crippen molar-refractivity contribution < 1.29 is 9.53 Å². The quantitative estimate of drug-likeness (QED) is 0.837. The second-order valence-corrected chi connectivity index (χ2v) is 6.21. The van der Waals surface area contributed by atoms with E-state index in [9.17, 15) is 4.79 Å². The topological polar surface area (TPSA) is 41.9 Å². The molecule has 4 nitrogen and oxygen atoms in total. The summed E-state index contributed by atoms with van der Waals surface area (Å²) in [6, 6.07) is 7.66. The van der Waals surface area contributed by atoms with Crippen LogP contribution in [0, 0.1) is 5.92 Å². The van der Waals surface area contributed by atoms with Gasteiger partial charge in [-0.1, -0.05) is 29.8 Å². The monoisotopic (exact) mass is 318 g/mol. The van der Waals surface area contributed by atoms with Crippen LogP contribution in [0.25, 0.3) is 0 Å². The van der Waals surface area contributed by atoms with Crippen LogP contribution in [0.5, 0.6) is 0 Å². The smallest absolute Gasteiger partial charge is 0.252 e. The number of hydrogen-bond acceptors (Lipinski definition) is 3. The third-order valence-electron chi connectivity index (χ3n) is 3.95. The summed E-state index contributed by atoms with van der Waals surface area (Å²) in [5.41, 5.74) is 2.63. The van der Waals surface area contributed by atoms with Crippen molar-refractivity contribution in [2.75, 3.05) is 26.3 Å². The van der Waals surface area contributed by atoms with Gasteiger partial charge in [-0.25, -0.2) is 0 Å². The van der Waals surface area contributed by atoms with E-state index in [1.807, 2.05) is 42.2 Å². The van der Waals surface area contributed by atoms with Crippen LogP contribution in [0.2, 0.25) is 5.02 Å². The Kier molecular flexibility index (Phi) is 4.60. The highest BCUT2D eigenvalue weighted by Crippen LogP contribution is 2.21. The Morgan fingerprint density at radius 2 is 2.18 bits per heavy atom. The lowest BCUT2D eigenvalue weighted by molar-refractivity contribution is -0.131. The number of rotatable bonds is 5. The van der Waals surface area contributed by atoms with Crippen LogP contribution in [0.4, 0.5) is 0 Å². The molecule has 1 aromatic rings. The van der Waals surface area contributed by atoms with Gasteiger partial charge in [0.25, 0.3) is 5.91 Å². The maximum atomic E-state index is 12.8. The van der Waals surface area contributed by atoms with Crippen LogP contribution in [-0.2, 0) is 16.1 Å². The average Bonchev–Trinajstić information content (AvgIpc) is 2.89. The first-order valence-electron chi connectivity index (χ1n) is 7.45. The Morgan fingerprint density at radius 1 is 1.41 bits per heavy atom. The summed E-state index contributed by atoms with van der Waals surface area (Å²) in [6.07, 6.45) is 1.87. The number of benzene rings is 1. The first kappa shape index (κ1) is 15.3. The van der Waals surface area contributed by atoms with Gasteiger partial charge < -0.3 is 9.64 Å². The van der Waals surface area contributed by atoms with Gasteiger partial charge in [-0.05, 0) is 24.6 Å². The molecule has 1 amide bonds. The van der Waals surface area contributed by atoms with Crippen molar-refractivity contribution >= 4 is 23.2 Å². The normalized spacial score (nSPS) is 17.7. The molecule has 0 atom stereocenters. The van der Waals surface area contributed by atoms with E-state index in [1.54, 1.807) is 0 Å². The summed E-state index contributed by atoms with van der Waals surface area (Å²) in [6.45, 7) is 5.05. The molecule has 2 aliphatic rings. The molecular weight excluding hydrogens is 300 g/mol. The molecule has 1 aromatic carbocycles. The molecule has 0 aromatic heterocycles. The first-order valence-corrected chi connectivity index (χ1v) is 7.83. The van der Waals surface area contributed by atoms with Crippen molar-refractivity contribution in [1.29, 1.82) is 0 Å². The van der Waals surface area contributed by atoms with Gasteiger partial charge in [-0.2, -0.15) is 0 Å². The van der Waals surface area contributed by atoms with E-state index in [4.69, 9.17) is 16.3 Å². The molecule has 2 aliphatic heterocycles. The zero-order valence-corrected chi connectivity index (χ0v) is 13.3. The molecule has 1 fully saturated rings. The Labute approximate surface area is 135 Å². The highest BCUT2D eigenvalue weighted by Gasteiger charge is 2.27. The molecule has 5 heteroatoms. The lowest BCUT2D eigenvalue weighted by atomic mass is 10.1. The van der Waals surface area contributed by atoms with Gasteiger partial charge in [-0.3, -0.25) is 9.79 Å². The summed E-state index contributed by atoms with van der Waals surface area (Å²) in [5.74, 6) is 0.461. The van der Waals surface area contributed by atoms with Gasteiger partial charge in [0, 0.05) is 35.3 Å². The van der Waals surface area contributed by atoms with E-state index in [0.29, 0.717) is 30.6 Å². The summed E-state index contributed by atoms with van der Waals surface area (Å²) < 4.78 is 5.23. The highest BCUT2D eigenvalue weighted by molar-refractivity contribution is 6.31. The van der Waals surface area contributed by atoms with Crippen molar-refractivity contribution in [3.63, 3.8) is 0 Å². The Balaban J connectivity index is 1.76. The predicted octanol–water partition coefficient (Wildman–Crippen LogP) is 2.72. The molecule has 0 spiro atoms. The van der Waals surface area contributed by atoms with Gasteiger partial charge >= 0.3 is 0 Å². The molecule has 0 saturated carbocycles. The maximum Gasteiger partial charge on any atom is 0.252 e. The number of ether oxygens (including phenoxy) is 1. The zero-order chi connectivity index (χ0) is 15.5. The second kappa shape index (κ2) is 6.63. The van der Waals surface area contributed by atoms with Crippen LogP contribution in [0.3, 0.4) is 0 Å². The summed E-state index contributed by atoms with van der Waals surface area (Å²) >= 11 is 6.24. The SMILES string of the molecule is CC1=NCC(C(=O)N(Cc2ccccc2Cl)CC2COC2)=C1. The molecular formula is C17H19ClN2O2. The molecule has 0 bridgehead atoms. The van der Waals surface area contributed by atoms with Gasteiger partial charge in [0.2, 0.25) is 0 Å². The Bertz CT molecular complexity index is 635. The van der Waals surface area contributed by atoms with Crippen LogP contribution in [0.1, 0.15) is 12.5 Å². The number of carbonyl (C=O) groups excluding carboxylic acids is 1.